The quantitative estimate of drug-likeness (QED) is 0.686. The fraction of sp³-hybridized carbons (Fsp3) is 0.429. The summed E-state index contributed by atoms with van der Waals surface area (Å²) < 4.78 is 11.1. The smallest absolute Gasteiger partial charge is 0.258 e. The van der Waals surface area contributed by atoms with E-state index < -0.39 is 0 Å². The van der Waals surface area contributed by atoms with E-state index in [1.54, 1.807) is 30.5 Å². The molecule has 1 saturated heterocycles. The number of benzene rings is 1. The molecule has 0 bridgehead atoms. The minimum absolute atomic E-state index is 0.0470. The van der Waals surface area contributed by atoms with Gasteiger partial charge in [0.05, 0.1) is 12.3 Å². The van der Waals surface area contributed by atoms with E-state index in [0.29, 0.717) is 24.3 Å². The van der Waals surface area contributed by atoms with E-state index >= 15 is 0 Å². The summed E-state index contributed by atoms with van der Waals surface area (Å²) in [5.74, 6) is 1.35. The van der Waals surface area contributed by atoms with Crippen molar-refractivity contribution in [3.63, 3.8) is 0 Å². The molecule has 1 aliphatic heterocycles. The number of furan rings is 1. The van der Waals surface area contributed by atoms with E-state index in [0.717, 1.165) is 18.8 Å². The van der Waals surface area contributed by atoms with Crippen molar-refractivity contribution in [2.45, 2.75) is 32.2 Å². The third-order valence-corrected chi connectivity index (χ3v) is 4.81. The first kappa shape index (κ1) is 19.2. The van der Waals surface area contributed by atoms with Crippen LogP contribution in [-0.4, -0.2) is 42.8 Å². The summed E-state index contributed by atoms with van der Waals surface area (Å²) in [6.45, 7) is 4.28. The van der Waals surface area contributed by atoms with Gasteiger partial charge in [-0.25, -0.2) is 0 Å². The molecule has 3 rings (SSSR count). The van der Waals surface area contributed by atoms with Gasteiger partial charge in [0.2, 0.25) is 0 Å². The molecule has 2 heterocycles. The zero-order valence-electron chi connectivity index (χ0n) is 15.6. The Balaban J connectivity index is 1.49. The van der Waals surface area contributed by atoms with Crippen LogP contribution in [-0.2, 0) is 4.79 Å². The van der Waals surface area contributed by atoms with Gasteiger partial charge in [0, 0.05) is 18.5 Å². The standard InChI is InChI=1S/C21H26N2O4/c1-2-19(24)16-7-9-17(10-8-16)27-15-21(25)22-14-18(20-6-5-13-26-20)23-11-3-4-12-23/h5-10,13,18H,2-4,11-12,14-15H2,1H3,(H,22,25). The van der Waals surface area contributed by atoms with Gasteiger partial charge in [0.15, 0.2) is 12.4 Å². The van der Waals surface area contributed by atoms with Crippen molar-refractivity contribution in [1.82, 2.24) is 10.2 Å². The Morgan fingerprint density at radius 2 is 1.93 bits per heavy atom. The van der Waals surface area contributed by atoms with E-state index in [-0.39, 0.29) is 24.3 Å². The monoisotopic (exact) mass is 370 g/mol. The normalized spacial score (nSPS) is 15.4. The highest BCUT2D eigenvalue weighted by Crippen LogP contribution is 2.24. The second-order valence-electron chi connectivity index (χ2n) is 6.67. The first-order valence-corrected chi connectivity index (χ1v) is 9.47. The molecule has 0 spiro atoms. The van der Waals surface area contributed by atoms with Gasteiger partial charge in [-0.3, -0.25) is 14.5 Å². The molecule has 1 aliphatic rings. The van der Waals surface area contributed by atoms with E-state index in [2.05, 4.69) is 10.2 Å². The van der Waals surface area contributed by atoms with Crippen molar-refractivity contribution >= 4 is 11.7 Å². The third kappa shape index (κ3) is 5.20. The zero-order chi connectivity index (χ0) is 19.1. The van der Waals surface area contributed by atoms with Gasteiger partial charge in [-0.05, 0) is 62.3 Å². The van der Waals surface area contributed by atoms with Crippen molar-refractivity contribution in [2.75, 3.05) is 26.2 Å². The van der Waals surface area contributed by atoms with Gasteiger partial charge in [0.25, 0.3) is 5.91 Å². The van der Waals surface area contributed by atoms with Crippen molar-refractivity contribution in [3.8, 4) is 5.75 Å². The highest BCUT2D eigenvalue weighted by molar-refractivity contribution is 5.95. The summed E-state index contributed by atoms with van der Waals surface area (Å²) >= 11 is 0. The molecule has 1 atom stereocenters. The number of hydrogen-bond acceptors (Lipinski definition) is 5. The van der Waals surface area contributed by atoms with Gasteiger partial charge in [-0.15, -0.1) is 0 Å². The van der Waals surface area contributed by atoms with Crippen LogP contribution in [0, 0.1) is 0 Å². The molecule has 0 radical (unpaired) electrons. The van der Waals surface area contributed by atoms with Crippen LogP contribution in [0.25, 0.3) is 0 Å². The number of ether oxygens (including phenoxy) is 1. The fourth-order valence-electron chi connectivity index (χ4n) is 3.30. The van der Waals surface area contributed by atoms with Crippen LogP contribution < -0.4 is 10.1 Å². The molecule has 1 amide bonds. The Morgan fingerprint density at radius 3 is 2.56 bits per heavy atom. The van der Waals surface area contributed by atoms with Gasteiger partial charge < -0.3 is 14.5 Å². The van der Waals surface area contributed by atoms with Crippen LogP contribution in [0.5, 0.6) is 5.75 Å². The van der Waals surface area contributed by atoms with Gasteiger partial charge in [-0.2, -0.15) is 0 Å². The maximum Gasteiger partial charge on any atom is 0.258 e. The average molecular weight is 370 g/mol. The molecule has 144 valence electrons. The molecule has 1 aromatic heterocycles. The first-order chi connectivity index (χ1) is 13.2. The second kappa shape index (κ2) is 9.37. The Hall–Kier alpha value is -2.60. The van der Waals surface area contributed by atoms with Gasteiger partial charge in [-0.1, -0.05) is 6.92 Å². The predicted molar refractivity (Wildman–Crippen MR) is 102 cm³/mol. The SMILES string of the molecule is CCC(=O)c1ccc(OCC(=O)NCC(c2ccco2)N2CCCC2)cc1. The molecular formula is C21H26N2O4. The number of nitrogens with zero attached hydrogens (tertiary/aromatic N) is 1. The average Bonchev–Trinajstić information content (AvgIpc) is 3.41. The Kier molecular flexibility index (Phi) is 6.65. The van der Waals surface area contributed by atoms with Crippen LogP contribution in [0.4, 0.5) is 0 Å². The number of amides is 1. The van der Waals surface area contributed by atoms with Crippen molar-refractivity contribution < 1.29 is 18.7 Å². The molecule has 2 aromatic rings. The number of carbonyl (C=O) groups excluding carboxylic acids is 2. The molecule has 1 N–H and O–H groups in total. The molecule has 1 aromatic carbocycles. The number of carbonyl (C=O) groups is 2. The number of hydrogen-bond donors (Lipinski definition) is 1. The van der Waals surface area contributed by atoms with Crippen molar-refractivity contribution in [3.05, 3.63) is 54.0 Å². The zero-order valence-corrected chi connectivity index (χ0v) is 15.6. The maximum absolute atomic E-state index is 12.2. The van der Waals surface area contributed by atoms with Crippen LogP contribution >= 0.6 is 0 Å². The summed E-state index contributed by atoms with van der Waals surface area (Å²) in [6, 6.07) is 10.7. The molecule has 1 fully saturated rings. The molecule has 6 heteroatoms. The minimum Gasteiger partial charge on any atom is -0.484 e. The molecule has 27 heavy (non-hydrogen) atoms. The van der Waals surface area contributed by atoms with E-state index in [1.807, 2.05) is 19.1 Å². The van der Waals surface area contributed by atoms with Crippen LogP contribution in [0.3, 0.4) is 0 Å². The Morgan fingerprint density at radius 1 is 1.19 bits per heavy atom. The largest absolute Gasteiger partial charge is 0.484 e. The van der Waals surface area contributed by atoms with E-state index in [1.165, 1.54) is 12.8 Å². The molecule has 0 saturated carbocycles. The number of rotatable bonds is 9. The summed E-state index contributed by atoms with van der Waals surface area (Å²) in [5.41, 5.74) is 0.654. The Labute approximate surface area is 159 Å². The van der Waals surface area contributed by atoms with Gasteiger partial charge in [0.1, 0.15) is 11.5 Å². The summed E-state index contributed by atoms with van der Waals surface area (Å²) in [5, 5.41) is 2.94. The van der Waals surface area contributed by atoms with Crippen LogP contribution in [0.1, 0.15) is 48.3 Å². The number of Topliss-reactive ketones (excluding diaryl/α,β-unsaturated/α-hetero) is 1. The van der Waals surface area contributed by atoms with Crippen LogP contribution in [0.2, 0.25) is 0 Å². The lowest BCUT2D eigenvalue weighted by atomic mass is 10.1. The van der Waals surface area contributed by atoms with Crippen molar-refractivity contribution in [1.29, 1.82) is 0 Å². The van der Waals surface area contributed by atoms with E-state index in [4.69, 9.17) is 9.15 Å². The topological polar surface area (TPSA) is 71.8 Å². The summed E-state index contributed by atoms with van der Waals surface area (Å²) in [7, 11) is 0. The maximum atomic E-state index is 12.2. The lowest BCUT2D eigenvalue weighted by molar-refractivity contribution is -0.123. The molecule has 6 nitrogen and oxygen atoms in total. The highest BCUT2D eigenvalue weighted by Gasteiger charge is 2.25. The van der Waals surface area contributed by atoms with Crippen molar-refractivity contribution in [2.24, 2.45) is 0 Å². The fourth-order valence-corrected chi connectivity index (χ4v) is 3.30. The molecule has 0 aliphatic carbocycles. The molecule has 1 unspecified atom stereocenters. The van der Waals surface area contributed by atoms with Crippen LogP contribution in [0.15, 0.2) is 47.1 Å². The first-order valence-electron chi connectivity index (χ1n) is 9.47. The minimum atomic E-state index is -0.181. The van der Waals surface area contributed by atoms with Gasteiger partial charge >= 0.3 is 0 Å². The predicted octanol–water partition coefficient (Wildman–Crippen LogP) is 3.20. The molecular weight excluding hydrogens is 344 g/mol. The number of ketones is 1. The second-order valence-corrected chi connectivity index (χ2v) is 6.67. The summed E-state index contributed by atoms with van der Waals surface area (Å²) in [4.78, 5) is 26.2. The highest BCUT2D eigenvalue weighted by atomic mass is 16.5. The number of nitrogens with one attached hydrogen (secondary N) is 1. The lowest BCUT2D eigenvalue weighted by Crippen LogP contribution is -2.38. The third-order valence-electron chi connectivity index (χ3n) is 4.81. The summed E-state index contributed by atoms with van der Waals surface area (Å²) in [6.07, 6.45) is 4.47. The Bertz CT molecular complexity index is 734. The number of likely N-dealkylation sites (tertiary alicyclic amines) is 1. The lowest BCUT2D eigenvalue weighted by Gasteiger charge is -2.26. The van der Waals surface area contributed by atoms with E-state index in [9.17, 15) is 9.59 Å².